The van der Waals surface area contributed by atoms with Crippen LogP contribution in [0.15, 0.2) is 23.9 Å². The Hall–Kier alpha value is -1.62. The number of quaternary nitrogens is 1. The summed E-state index contributed by atoms with van der Waals surface area (Å²) in [6.45, 7) is 6.96. The molecule has 20 heavy (non-hydrogen) atoms. The highest BCUT2D eigenvalue weighted by molar-refractivity contribution is 5.89. The number of esters is 1. The second-order valence-corrected chi connectivity index (χ2v) is 6.36. The normalized spacial score (nSPS) is 22.3. The van der Waals surface area contributed by atoms with Crippen LogP contribution < -0.4 is 0 Å². The molecule has 112 valence electrons. The number of aliphatic carboxylic acids is 1. The number of carbonyl (C=O) groups is 2. The molecular weight excluding hydrogens is 258 g/mol. The zero-order valence-electron chi connectivity index (χ0n) is 12.7. The molecule has 1 atom stereocenters. The summed E-state index contributed by atoms with van der Waals surface area (Å²) in [5, 5.41) is 8.88. The summed E-state index contributed by atoms with van der Waals surface area (Å²) in [4.78, 5) is 22.4. The highest BCUT2D eigenvalue weighted by Crippen LogP contribution is 2.16. The van der Waals surface area contributed by atoms with E-state index < -0.39 is 11.6 Å². The van der Waals surface area contributed by atoms with Crippen LogP contribution in [0.25, 0.3) is 0 Å². The molecule has 0 amide bonds. The van der Waals surface area contributed by atoms with Crippen LogP contribution in [0.3, 0.4) is 0 Å². The van der Waals surface area contributed by atoms with Crippen LogP contribution in [0.1, 0.15) is 33.6 Å². The number of hydrogen-bond acceptors (Lipinski definition) is 3. The van der Waals surface area contributed by atoms with Crippen molar-refractivity contribution in [3.63, 3.8) is 0 Å². The second-order valence-electron chi connectivity index (χ2n) is 6.36. The third kappa shape index (κ3) is 5.57. The van der Waals surface area contributed by atoms with E-state index in [1.165, 1.54) is 0 Å². The zero-order valence-corrected chi connectivity index (χ0v) is 12.7. The monoisotopic (exact) mass is 282 g/mol. The maximum absolute atomic E-state index is 11.6. The number of nitrogens with zero attached hydrogens (tertiary/aromatic N) is 1. The molecule has 1 aliphatic rings. The summed E-state index contributed by atoms with van der Waals surface area (Å²) >= 11 is 0. The molecule has 1 heterocycles. The van der Waals surface area contributed by atoms with Crippen molar-refractivity contribution < 1.29 is 23.9 Å². The Morgan fingerprint density at radius 1 is 1.40 bits per heavy atom. The van der Waals surface area contributed by atoms with Crippen molar-refractivity contribution in [2.45, 2.75) is 39.2 Å². The molecule has 0 aromatic rings. The van der Waals surface area contributed by atoms with Crippen molar-refractivity contribution in [1.29, 1.82) is 0 Å². The average molecular weight is 282 g/mol. The van der Waals surface area contributed by atoms with Crippen LogP contribution in [-0.4, -0.2) is 47.3 Å². The third-order valence-electron chi connectivity index (χ3n) is 3.06. The molecule has 0 radical (unpaired) electrons. The summed E-state index contributed by atoms with van der Waals surface area (Å²) in [5.41, 5.74) is -0.118. The fourth-order valence-electron chi connectivity index (χ4n) is 2.00. The minimum atomic E-state index is -0.902. The van der Waals surface area contributed by atoms with E-state index >= 15 is 0 Å². The number of carboxylic acid groups (broad SMARTS) is 1. The van der Waals surface area contributed by atoms with Gasteiger partial charge >= 0.3 is 11.9 Å². The van der Waals surface area contributed by atoms with Crippen LogP contribution in [0, 0.1) is 0 Å². The van der Waals surface area contributed by atoms with E-state index in [4.69, 9.17) is 9.84 Å². The Kier molecular flexibility index (Phi) is 5.11. The van der Waals surface area contributed by atoms with Crippen molar-refractivity contribution in [1.82, 2.24) is 0 Å². The molecule has 0 aliphatic carbocycles. The van der Waals surface area contributed by atoms with Crippen molar-refractivity contribution in [2.75, 3.05) is 20.1 Å². The first kappa shape index (κ1) is 16.4. The lowest BCUT2D eigenvalue weighted by Gasteiger charge is -2.31. The van der Waals surface area contributed by atoms with Crippen molar-refractivity contribution >= 4 is 11.9 Å². The first-order valence-corrected chi connectivity index (χ1v) is 6.80. The van der Waals surface area contributed by atoms with Gasteiger partial charge in [-0.3, -0.25) is 9.28 Å². The van der Waals surface area contributed by atoms with Crippen LogP contribution in [0.4, 0.5) is 0 Å². The van der Waals surface area contributed by atoms with Crippen molar-refractivity contribution in [2.24, 2.45) is 0 Å². The van der Waals surface area contributed by atoms with E-state index in [0.717, 1.165) is 6.54 Å². The highest BCUT2D eigenvalue weighted by atomic mass is 16.6. The highest BCUT2D eigenvalue weighted by Gasteiger charge is 2.23. The molecule has 0 spiro atoms. The molecule has 0 saturated carbocycles. The number of rotatable bonds is 5. The Labute approximate surface area is 120 Å². The molecule has 0 bridgehead atoms. The quantitative estimate of drug-likeness (QED) is 0.619. The molecule has 1 N–H and O–H groups in total. The van der Waals surface area contributed by atoms with E-state index in [1.807, 2.05) is 34.0 Å². The van der Waals surface area contributed by atoms with E-state index in [0.29, 0.717) is 29.4 Å². The first-order chi connectivity index (χ1) is 9.11. The van der Waals surface area contributed by atoms with Crippen LogP contribution in [0.2, 0.25) is 0 Å². The number of carbonyl (C=O) groups excluding carboxylic acids is 1. The molecule has 5 heteroatoms. The maximum Gasteiger partial charge on any atom is 0.335 e. The summed E-state index contributed by atoms with van der Waals surface area (Å²) in [5.74, 6) is -1.09. The van der Waals surface area contributed by atoms with Gasteiger partial charge in [0.05, 0.1) is 31.8 Å². The smallest absolute Gasteiger partial charge is 0.335 e. The van der Waals surface area contributed by atoms with Gasteiger partial charge in [-0.15, -0.1) is 0 Å². The molecule has 0 aromatic heterocycles. The van der Waals surface area contributed by atoms with E-state index in [-0.39, 0.29) is 5.97 Å². The SMILES string of the molecule is CC(C)(C)OC(=O)CCC[N+]1(C)C=CC(C(=O)O)=CC1. The van der Waals surface area contributed by atoms with Crippen LogP contribution in [-0.2, 0) is 14.3 Å². The van der Waals surface area contributed by atoms with Gasteiger partial charge in [-0.05, 0) is 26.8 Å². The molecule has 0 aromatic carbocycles. The van der Waals surface area contributed by atoms with Gasteiger partial charge in [0, 0.05) is 12.5 Å². The van der Waals surface area contributed by atoms with Gasteiger partial charge in [0.2, 0.25) is 0 Å². The lowest BCUT2D eigenvalue weighted by Crippen LogP contribution is -2.41. The lowest BCUT2D eigenvalue weighted by atomic mass is 10.1. The predicted octanol–water partition coefficient (Wildman–Crippen LogP) is 2.09. The summed E-state index contributed by atoms with van der Waals surface area (Å²) in [6, 6.07) is 0. The molecule has 1 unspecified atom stereocenters. The van der Waals surface area contributed by atoms with Gasteiger partial charge in [0.25, 0.3) is 0 Å². The first-order valence-electron chi connectivity index (χ1n) is 6.80. The summed E-state index contributed by atoms with van der Waals surface area (Å²) in [7, 11) is 2.01. The summed E-state index contributed by atoms with van der Waals surface area (Å²) < 4.78 is 5.87. The van der Waals surface area contributed by atoms with E-state index in [2.05, 4.69) is 0 Å². The standard InChI is InChI=1S/C15H23NO4/c1-15(2,3)20-13(17)6-5-9-16(4)10-7-12(8-11-16)14(18)19/h7-8,10H,5-6,9,11H2,1-4H3/p+1. The van der Waals surface area contributed by atoms with Gasteiger partial charge in [0.15, 0.2) is 0 Å². The Balaban J connectivity index is 2.38. The molecule has 0 fully saturated rings. The van der Waals surface area contributed by atoms with E-state index in [9.17, 15) is 9.59 Å². The Morgan fingerprint density at radius 3 is 2.50 bits per heavy atom. The second kappa shape index (κ2) is 6.22. The summed E-state index contributed by atoms with van der Waals surface area (Å²) in [6.07, 6.45) is 6.31. The molecule has 1 rings (SSSR count). The average Bonchev–Trinajstić information content (AvgIpc) is 2.26. The van der Waals surface area contributed by atoms with Gasteiger partial charge in [-0.25, -0.2) is 4.79 Å². The van der Waals surface area contributed by atoms with Gasteiger partial charge in [0.1, 0.15) is 12.1 Å². The Morgan fingerprint density at radius 2 is 2.05 bits per heavy atom. The topological polar surface area (TPSA) is 63.6 Å². The van der Waals surface area contributed by atoms with Gasteiger partial charge in [-0.1, -0.05) is 0 Å². The molecule has 1 aliphatic heterocycles. The van der Waals surface area contributed by atoms with Crippen molar-refractivity contribution in [3.8, 4) is 0 Å². The fraction of sp³-hybridized carbons (Fsp3) is 0.600. The van der Waals surface area contributed by atoms with E-state index in [1.54, 1.807) is 12.2 Å². The van der Waals surface area contributed by atoms with Gasteiger partial charge in [-0.2, -0.15) is 0 Å². The zero-order chi connectivity index (χ0) is 15.4. The minimum absolute atomic E-state index is 0.188. The number of carboxylic acids is 1. The van der Waals surface area contributed by atoms with Crippen LogP contribution >= 0.6 is 0 Å². The van der Waals surface area contributed by atoms with Gasteiger partial charge < -0.3 is 9.84 Å². The third-order valence-corrected chi connectivity index (χ3v) is 3.06. The molecule has 5 nitrogen and oxygen atoms in total. The lowest BCUT2D eigenvalue weighted by molar-refractivity contribution is -0.854. The number of hydrogen-bond donors (Lipinski definition) is 1. The number of likely N-dealkylation sites (N-methyl/N-ethyl adjacent to an activating group) is 1. The minimum Gasteiger partial charge on any atom is -0.478 e. The largest absolute Gasteiger partial charge is 0.478 e. The van der Waals surface area contributed by atoms with Crippen LogP contribution in [0.5, 0.6) is 0 Å². The molecule has 0 saturated heterocycles. The fourth-order valence-corrected chi connectivity index (χ4v) is 2.00. The van der Waals surface area contributed by atoms with Crippen molar-refractivity contribution in [3.05, 3.63) is 23.9 Å². The molecular formula is C15H24NO4+. The Bertz CT molecular complexity index is 445. The maximum atomic E-state index is 11.6. The predicted molar refractivity (Wildman–Crippen MR) is 75.9 cm³/mol. The number of ether oxygens (including phenoxy) is 1.